The maximum Gasteiger partial charge on any atom is 0.427 e. The number of carboxylic acid groups (broad SMARTS) is 1. The highest BCUT2D eigenvalue weighted by Gasteiger charge is 2.39. The molecule has 0 aliphatic carbocycles. The monoisotopic (exact) mass is 505 g/mol. The highest BCUT2D eigenvalue weighted by molar-refractivity contribution is 7.06. The van der Waals surface area contributed by atoms with Gasteiger partial charge in [0, 0.05) is 17.0 Å². The van der Waals surface area contributed by atoms with Crippen LogP contribution in [0.1, 0.15) is 33.6 Å². The molecular formula is C22H17ClF5NO3S. The molecule has 1 aromatic heterocycles. The third kappa shape index (κ3) is 5.44. The Morgan fingerprint density at radius 3 is 2.36 bits per heavy atom. The first-order chi connectivity index (χ1) is 15.4. The minimum atomic E-state index is -4.81. The second-order valence-electron chi connectivity index (χ2n) is 7.24. The first-order valence-corrected chi connectivity index (χ1v) is 10.7. The lowest BCUT2D eigenvalue weighted by molar-refractivity contribution is -0.137. The van der Waals surface area contributed by atoms with Gasteiger partial charge in [-0.2, -0.15) is 17.5 Å². The van der Waals surface area contributed by atoms with Crippen molar-refractivity contribution >= 4 is 29.1 Å². The number of rotatable bonds is 7. The second-order valence-corrected chi connectivity index (χ2v) is 8.45. The van der Waals surface area contributed by atoms with Crippen LogP contribution in [0, 0.1) is 25.5 Å². The average Bonchev–Trinajstić information content (AvgIpc) is 3.11. The zero-order chi connectivity index (χ0) is 24.5. The largest absolute Gasteiger partial charge is 0.488 e. The highest BCUT2D eigenvalue weighted by Crippen LogP contribution is 2.42. The Labute approximate surface area is 194 Å². The van der Waals surface area contributed by atoms with Crippen molar-refractivity contribution in [2.45, 2.75) is 39.5 Å². The van der Waals surface area contributed by atoms with Gasteiger partial charge in [0.1, 0.15) is 28.9 Å². The van der Waals surface area contributed by atoms with Crippen LogP contribution in [0.5, 0.6) is 5.75 Å². The summed E-state index contributed by atoms with van der Waals surface area (Å²) in [6.07, 6.45) is -4.59. The van der Waals surface area contributed by atoms with Crippen LogP contribution in [0.2, 0.25) is 5.02 Å². The van der Waals surface area contributed by atoms with E-state index >= 15 is 0 Å². The van der Waals surface area contributed by atoms with E-state index in [-0.39, 0.29) is 35.1 Å². The van der Waals surface area contributed by atoms with Crippen molar-refractivity contribution < 1.29 is 36.6 Å². The second kappa shape index (κ2) is 9.64. The highest BCUT2D eigenvalue weighted by atomic mass is 35.5. The van der Waals surface area contributed by atoms with Gasteiger partial charge < -0.3 is 9.84 Å². The molecule has 3 rings (SSSR count). The summed E-state index contributed by atoms with van der Waals surface area (Å²) >= 11 is 5.69. The van der Waals surface area contributed by atoms with Crippen molar-refractivity contribution in [2.75, 3.05) is 0 Å². The molecule has 11 heteroatoms. The minimum Gasteiger partial charge on any atom is -0.488 e. The molecule has 0 aliphatic heterocycles. The van der Waals surface area contributed by atoms with E-state index in [2.05, 4.69) is 4.37 Å². The Kier molecular flexibility index (Phi) is 7.28. The van der Waals surface area contributed by atoms with Gasteiger partial charge in [-0.25, -0.2) is 8.78 Å². The quantitative estimate of drug-likeness (QED) is 0.352. The summed E-state index contributed by atoms with van der Waals surface area (Å²) in [5.41, 5.74) is 0.387. The normalized spacial score (nSPS) is 11.6. The Hall–Kier alpha value is -2.72. The molecule has 1 heterocycles. The predicted octanol–water partition coefficient (Wildman–Crippen LogP) is 6.97. The van der Waals surface area contributed by atoms with Crippen molar-refractivity contribution in [3.05, 3.63) is 68.1 Å². The number of nitrogens with zero attached hydrogens (tertiary/aromatic N) is 1. The van der Waals surface area contributed by atoms with Crippen molar-refractivity contribution in [3.8, 4) is 17.0 Å². The van der Waals surface area contributed by atoms with Gasteiger partial charge in [-0.05, 0) is 66.7 Å². The van der Waals surface area contributed by atoms with Crippen molar-refractivity contribution in [3.63, 3.8) is 0 Å². The van der Waals surface area contributed by atoms with E-state index in [4.69, 9.17) is 21.4 Å². The summed E-state index contributed by atoms with van der Waals surface area (Å²) in [4.78, 5) is 9.69. The summed E-state index contributed by atoms with van der Waals surface area (Å²) < 4.78 is 78.8. The fourth-order valence-corrected chi connectivity index (χ4v) is 4.25. The summed E-state index contributed by atoms with van der Waals surface area (Å²) in [6, 6.07) is 4.74. The molecule has 176 valence electrons. The summed E-state index contributed by atoms with van der Waals surface area (Å²) in [6.45, 7) is 2.79. The molecule has 0 spiro atoms. The number of hydrogen-bond donors (Lipinski definition) is 1. The van der Waals surface area contributed by atoms with E-state index in [1.54, 1.807) is 19.9 Å². The Balaban J connectivity index is 1.98. The summed E-state index contributed by atoms with van der Waals surface area (Å²) in [7, 11) is 0. The fourth-order valence-electron chi connectivity index (χ4n) is 3.30. The van der Waals surface area contributed by atoms with E-state index in [9.17, 15) is 26.7 Å². The van der Waals surface area contributed by atoms with Crippen LogP contribution >= 0.6 is 23.1 Å². The molecule has 0 amide bonds. The third-order valence-corrected chi connectivity index (χ3v) is 6.27. The molecule has 0 saturated carbocycles. The standard InChI is InChI=1S/C22H17ClF5NO3S/c1-10-11(2)17(5-3-12(10)4-6-18(30)31)32-9-14-20(29-33-21(14)22(26,27)28)19-15(24)7-13(23)8-16(19)25/h3,5,7-8H,4,6,9H2,1-2H3,(H,30,31). The number of aliphatic carboxylic acids is 1. The van der Waals surface area contributed by atoms with Crippen LogP contribution in [-0.2, 0) is 24.0 Å². The van der Waals surface area contributed by atoms with Crippen molar-refractivity contribution in [1.29, 1.82) is 0 Å². The lowest BCUT2D eigenvalue weighted by atomic mass is 9.99. The molecule has 1 N–H and O–H groups in total. The van der Waals surface area contributed by atoms with Gasteiger partial charge in [0.25, 0.3) is 0 Å². The number of aryl methyl sites for hydroxylation is 1. The number of carboxylic acids is 1. The number of hydrogen-bond acceptors (Lipinski definition) is 4. The molecule has 0 aliphatic rings. The Morgan fingerprint density at radius 1 is 1.15 bits per heavy atom. The van der Waals surface area contributed by atoms with Gasteiger partial charge in [-0.1, -0.05) is 17.7 Å². The Bertz CT molecular complexity index is 1190. The van der Waals surface area contributed by atoms with Gasteiger partial charge in [-0.3, -0.25) is 4.79 Å². The molecule has 3 aromatic rings. The van der Waals surface area contributed by atoms with E-state index in [1.807, 2.05) is 0 Å². The molecular weight excluding hydrogens is 489 g/mol. The van der Waals surface area contributed by atoms with Crippen molar-refractivity contribution in [1.82, 2.24) is 4.37 Å². The lowest BCUT2D eigenvalue weighted by Gasteiger charge is -2.16. The molecule has 0 bridgehead atoms. The van der Waals surface area contributed by atoms with Crippen LogP contribution < -0.4 is 4.74 Å². The number of ether oxygens (including phenoxy) is 1. The topological polar surface area (TPSA) is 59.4 Å². The van der Waals surface area contributed by atoms with Crippen LogP contribution in [0.15, 0.2) is 24.3 Å². The third-order valence-electron chi connectivity index (χ3n) is 5.12. The molecule has 0 saturated heterocycles. The number of carbonyl (C=O) groups is 1. The van der Waals surface area contributed by atoms with Gasteiger partial charge in [-0.15, -0.1) is 0 Å². The van der Waals surface area contributed by atoms with E-state index in [1.165, 1.54) is 6.07 Å². The molecule has 0 radical (unpaired) electrons. The van der Waals surface area contributed by atoms with Crippen LogP contribution in [0.25, 0.3) is 11.3 Å². The zero-order valence-electron chi connectivity index (χ0n) is 17.3. The molecule has 33 heavy (non-hydrogen) atoms. The van der Waals surface area contributed by atoms with Crippen LogP contribution in [0.4, 0.5) is 22.0 Å². The summed E-state index contributed by atoms with van der Waals surface area (Å²) in [5.74, 6) is -2.98. The molecule has 4 nitrogen and oxygen atoms in total. The maximum atomic E-state index is 14.4. The zero-order valence-corrected chi connectivity index (χ0v) is 18.9. The number of halogens is 6. The number of alkyl halides is 3. The predicted molar refractivity (Wildman–Crippen MR) is 114 cm³/mol. The first-order valence-electron chi connectivity index (χ1n) is 9.54. The SMILES string of the molecule is Cc1c(CCC(=O)O)ccc(OCc2c(-c3c(F)cc(Cl)cc3F)nsc2C(F)(F)F)c1C. The van der Waals surface area contributed by atoms with Gasteiger partial charge in [0.05, 0.1) is 11.3 Å². The minimum absolute atomic E-state index is 0.0718. The fraction of sp³-hybridized carbons (Fsp3) is 0.273. The molecule has 0 fully saturated rings. The molecule has 0 atom stereocenters. The van der Waals surface area contributed by atoms with Gasteiger partial charge in [0.15, 0.2) is 0 Å². The smallest absolute Gasteiger partial charge is 0.427 e. The van der Waals surface area contributed by atoms with Gasteiger partial charge >= 0.3 is 12.1 Å². The van der Waals surface area contributed by atoms with E-state index in [0.717, 1.165) is 23.3 Å². The lowest BCUT2D eigenvalue weighted by Crippen LogP contribution is -2.09. The van der Waals surface area contributed by atoms with Gasteiger partial charge in [0.2, 0.25) is 0 Å². The van der Waals surface area contributed by atoms with Crippen LogP contribution in [-0.4, -0.2) is 15.4 Å². The van der Waals surface area contributed by atoms with E-state index < -0.39 is 52.1 Å². The maximum absolute atomic E-state index is 14.4. The Morgan fingerprint density at radius 2 is 1.79 bits per heavy atom. The van der Waals surface area contributed by atoms with Crippen molar-refractivity contribution in [2.24, 2.45) is 0 Å². The molecule has 0 unspecified atom stereocenters. The molecule has 2 aromatic carbocycles. The average molecular weight is 506 g/mol. The summed E-state index contributed by atoms with van der Waals surface area (Å²) in [5, 5.41) is 8.62. The van der Waals surface area contributed by atoms with E-state index in [0.29, 0.717) is 5.56 Å². The number of aromatic nitrogens is 1. The first kappa shape index (κ1) is 24.9. The van der Waals surface area contributed by atoms with Crippen LogP contribution in [0.3, 0.4) is 0 Å². The number of benzene rings is 2.